The van der Waals surface area contributed by atoms with Crippen LogP contribution in [0.15, 0.2) is 76.7 Å². The van der Waals surface area contributed by atoms with Crippen molar-refractivity contribution in [1.29, 1.82) is 0 Å². The number of hydrogen-bond acceptors (Lipinski definition) is 5. The van der Waals surface area contributed by atoms with Crippen LogP contribution in [0.1, 0.15) is 52.0 Å². The van der Waals surface area contributed by atoms with Gasteiger partial charge in [-0.2, -0.15) is 0 Å². The van der Waals surface area contributed by atoms with E-state index in [1.165, 1.54) is 22.8 Å². The summed E-state index contributed by atoms with van der Waals surface area (Å²) in [6.45, 7) is 1.95. The molecule has 1 aliphatic rings. The molecule has 5 rings (SSSR count). The first-order valence-electron chi connectivity index (χ1n) is 12.3. The summed E-state index contributed by atoms with van der Waals surface area (Å²) < 4.78 is 15.4. The minimum atomic E-state index is -0.491. The van der Waals surface area contributed by atoms with Crippen molar-refractivity contribution in [2.75, 3.05) is 5.75 Å². The van der Waals surface area contributed by atoms with Gasteiger partial charge in [-0.25, -0.2) is 9.37 Å². The average molecular weight is 516 g/mol. The van der Waals surface area contributed by atoms with E-state index in [0.29, 0.717) is 27.7 Å². The van der Waals surface area contributed by atoms with Crippen LogP contribution in [0.5, 0.6) is 0 Å². The maximum atomic E-state index is 14.1. The van der Waals surface area contributed by atoms with Gasteiger partial charge in [0.2, 0.25) is 0 Å². The molecule has 1 aliphatic carbocycles. The van der Waals surface area contributed by atoms with Crippen LogP contribution in [0.3, 0.4) is 0 Å². The number of nitrogens with one attached hydrogen (secondary N) is 1. The maximum Gasteiger partial charge on any atom is 0.266 e. The largest absolute Gasteiger partial charge is 0.349 e. The number of rotatable bonds is 7. The van der Waals surface area contributed by atoms with Crippen molar-refractivity contribution in [1.82, 2.24) is 14.9 Å². The van der Waals surface area contributed by atoms with Gasteiger partial charge in [0.05, 0.1) is 22.3 Å². The third-order valence-electron chi connectivity index (χ3n) is 6.56. The Morgan fingerprint density at radius 3 is 2.49 bits per heavy atom. The number of benzene rings is 3. The van der Waals surface area contributed by atoms with Gasteiger partial charge in [0.15, 0.2) is 10.9 Å². The first-order valence-corrected chi connectivity index (χ1v) is 13.2. The van der Waals surface area contributed by atoms with Gasteiger partial charge in [-0.15, -0.1) is 0 Å². The molecule has 4 aromatic rings. The molecule has 6 nitrogen and oxygen atoms in total. The first-order chi connectivity index (χ1) is 17.9. The van der Waals surface area contributed by atoms with E-state index in [2.05, 4.69) is 10.3 Å². The number of halogens is 1. The number of aryl methyl sites for hydroxylation is 1. The summed E-state index contributed by atoms with van der Waals surface area (Å²) in [7, 11) is 0. The van der Waals surface area contributed by atoms with Gasteiger partial charge in [0, 0.05) is 17.2 Å². The number of nitrogens with zero attached hydrogens (tertiary/aromatic N) is 2. The fourth-order valence-corrected chi connectivity index (χ4v) is 5.45. The number of aromatic nitrogens is 2. The molecule has 188 valence electrons. The highest BCUT2D eigenvalue weighted by atomic mass is 32.2. The second kappa shape index (κ2) is 10.7. The molecule has 8 heteroatoms. The molecule has 0 bridgehead atoms. The number of Topliss-reactive ketones (excluding diaryl/α,β-unsaturated/α-hetero) is 1. The quantitative estimate of drug-likeness (QED) is 0.200. The van der Waals surface area contributed by atoms with E-state index in [1.54, 1.807) is 36.4 Å². The third kappa shape index (κ3) is 5.49. The van der Waals surface area contributed by atoms with Crippen molar-refractivity contribution in [2.45, 2.75) is 43.8 Å². The fourth-order valence-electron chi connectivity index (χ4n) is 4.54. The zero-order chi connectivity index (χ0) is 25.9. The highest BCUT2D eigenvalue weighted by Crippen LogP contribution is 2.24. The average Bonchev–Trinajstić information content (AvgIpc) is 3.40. The lowest BCUT2D eigenvalue weighted by Gasteiger charge is -2.15. The summed E-state index contributed by atoms with van der Waals surface area (Å²) in [6, 6.07) is 17.9. The van der Waals surface area contributed by atoms with E-state index >= 15 is 0 Å². The Bertz CT molecular complexity index is 1540. The van der Waals surface area contributed by atoms with Gasteiger partial charge in [-0.05, 0) is 56.2 Å². The molecule has 0 aliphatic heterocycles. The molecule has 0 unspecified atom stereocenters. The topological polar surface area (TPSA) is 81.1 Å². The Balaban J connectivity index is 1.53. The molecule has 0 saturated heterocycles. The summed E-state index contributed by atoms with van der Waals surface area (Å²) in [5.41, 5.74) is 2.29. The van der Waals surface area contributed by atoms with Gasteiger partial charge in [0.1, 0.15) is 5.82 Å². The number of ketones is 1. The molecular formula is C29H26FN3O3S. The molecule has 37 heavy (non-hydrogen) atoms. The number of thioether (sulfide) groups is 1. The van der Waals surface area contributed by atoms with Crippen LogP contribution in [-0.4, -0.2) is 33.0 Å². The van der Waals surface area contributed by atoms with E-state index in [4.69, 9.17) is 0 Å². The summed E-state index contributed by atoms with van der Waals surface area (Å²) in [6.07, 6.45) is 4.13. The molecule has 0 atom stereocenters. The van der Waals surface area contributed by atoms with E-state index in [1.807, 2.05) is 19.1 Å². The van der Waals surface area contributed by atoms with Crippen molar-refractivity contribution in [3.63, 3.8) is 0 Å². The lowest BCUT2D eigenvalue weighted by atomic mass is 10.1. The smallest absolute Gasteiger partial charge is 0.266 e. The van der Waals surface area contributed by atoms with Crippen molar-refractivity contribution < 1.29 is 14.0 Å². The second-order valence-electron chi connectivity index (χ2n) is 9.28. The SMILES string of the molecule is Cc1ccc(C(=O)CSc2nc3cc(C(=O)NC4CCCC4)ccc3c(=O)n2-c2cccc(F)c2)cc1. The normalized spacial score (nSPS) is 13.7. The lowest BCUT2D eigenvalue weighted by Crippen LogP contribution is -2.32. The van der Waals surface area contributed by atoms with Crippen molar-refractivity contribution in [3.8, 4) is 5.69 Å². The van der Waals surface area contributed by atoms with Crippen LogP contribution in [0.4, 0.5) is 4.39 Å². The third-order valence-corrected chi connectivity index (χ3v) is 7.50. The highest BCUT2D eigenvalue weighted by Gasteiger charge is 2.20. The lowest BCUT2D eigenvalue weighted by molar-refractivity contribution is 0.0937. The minimum Gasteiger partial charge on any atom is -0.349 e. The molecule has 1 fully saturated rings. The number of carbonyl (C=O) groups excluding carboxylic acids is 2. The molecular weight excluding hydrogens is 489 g/mol. The van der Waals surface area contributed by atoms with E-state index in [9.17, 15) is 18.8 Å². The Hall–Kier alpha value is -3.78. The summed E-state index contributed by atoms with van der Waals surface area (Å²) in [4.78, 5) is 43.9. The zero-order valence-electron chi connectivity index (χ0n) is 20.4. The zero-order valence-corrected chi connectivity index (χ0v) is 21.2. The number of fused-ring (bicyclic) bond motifs is 1. The monoisotopic (exact) mass is 515 g/mol. The van der Waals surface area contributed by atoms with Crippen LogP contribution in [0.25, 0.3) is 16.6 Å². The Morgan fingerprint density at radius 1 is 1.03 bits per heavy atom. The second-order valence-corrected chi connectivity index (χ2v) is 10.2. The summed E-state index contributed by atoms with van der Waals surface area (Å²) in [5, 5.41) is 3.60. The first kappa shape index (κ1) is 24.9. The number of hydrogen-bond donors (Lipinski definition) is 1. The van der Waals surface area contributed by atoms with Gasteiger partial charge >= 0.3 is 0 Å². The fraction of sp³-hybridized carbons (Fsp3) is 0.241. The summed E-state index contributed by atoms with van der Waals surface area (Å²) >= 11 is 1.10. The predicted molar refractivity (Wildman–Crippen MR) is 143 cm³/mol. The van der Waals surface area contributed by atoms with Crippen molar-refractivity contribution in [3.05, 3.63) is 99.6 Å². The Labute approximate surface area is 217 Å². The number of amides is 1. The molecule has 1 heterocycles. The molecule has 3 aromatic carbocycles. The highest BCUT2D eigenvalue weighted by molar-refractivity contribution is 7.99. The predicted octanol–water partition coefficient (Wildman–Crippen LogP) is 5.48. The maximum absolute atomic E-state index is 14.1. The molecule has 1 saturated carbocycles. The van der Waals surface area contributed by atoms with Gasteiger partial charge < -0.3 is 5.32 Å². The Kier molecular flexibility index (Phi) is 7.19. The van der Waals surface area contributed by atoms with Crippen molar-refractivity contribution in [2.24, 2.45) is 0 Å². The van der Waals surface area contributed by atoms with Crippen LogP contribution >= 0.6 is 11.8 Å². The van der Waals surface area contributed by atoms with E-state index in [-0.39, 0.29) is 28.6 Å². The van der Waals surface area contributed by atoms with Gasteiger partial charge in [0.25, 0.3) is 11.5 Å². The van der Waals surface area contributed by atoms with Crippen LogP contribution < -0.4 is 10.9 Å². The molecule has 1 N–H and O–H groups in total. The molecule has 0 spiro atoms. The van der Waals surface area contributed by atoms with Crippen molar-refractivity contribution >= 4 is 34.4 Å². The molecule has 1 aromatic heterocycles. The molecule has 0 radical (unpaired) electrons. The van der Waals surface area contributed by atoms with Crippen LogP contribution in [0.2, 0.25) is 0 Å². The van der Waals surface area contributed by atoms with Gasteiger partial charge in [-0.3, -0.25) is 19.0 Å². The standard InChI is InChI=1S/C29H26FN3O3S/c1-18-9-11-19(12-10-18)26(34)17-37-29-32-25-15-20(27(35)31-22-6-2-3-7-22)13-14-24(25)28(36)33(29)23-8-4-5-21(30)16-23/h4-5,8-16,22H,2-3,6-7,17H2,1H3,(H,31,35). The molecule has 1 amide bonds. The van der Waals surface area contributed by atoms with E-state index < -0.39 is 11.4 Å². The van der Waals surface area contributed by atoms with Gasteiger partial charge in [-0.1, -0.05) is 60.5 Å². The van der Waals surface area contributed by atoms with Crippen LogP contribution in [-0.2, 0) is 0 Å². The Morgan fingerprint density at radius 2 is 1.76 bits per heavy atom. The van der Waals surface area contributed by atoms with Crippen LogP contribution in [0, 0.1) is 12.7 Å². The minimum absolute atomic E-state index is 0.0399. The number of carbonyl (C=O) groups is 2. The van der Waals surface area contributed by atoms with E-state index in [0.717, 1.165) is 43.0 Å². The summed E-state index contributed by atoms with van der Waals surface area (Å²) in [5.74, 6) is -0.767.